The van der Waals surface area contributed by atoms with Crippen molar-refractivity contribution in [3.8, 4) is 5.75 Å². The Morgan fingerprint density at radius 1 is 1.28 bits per heavy atom. The molecule has 0 saturated carbocycles. The van der Waals surface area contributed by atoms with Crippen molar-refractivity contribution in [3.05, 3.63) is 28.2 Å². The molecule has 1 aromatic rings. The van der Waals surface area contributed by atoms with E-state index in [1.54, 1.807) is 12.1 Å². The lowest BCUT2D eigenvalue weighted by atomic mass is 10.3. The molecule has 6 nitrogen and oxygen atoms in total. The van der Waals surface area contributed by atoms with Crippen molar-refractivity contribution in [2.45, 2.75) is 0 Å². The molecule has 0 heterocycles. The number of nitrogens with one attached hydrogen (secondary N) is 2. The van der Waals surface area contributed by atoms with Crippen LogP contribution >= 0.6 is 23.2 Å². The molecule has 8 heteroatoms. The lowest BCUT2D eigenvalue weighted by Gasteiger charge is -2.08. The van der Waals surface area contributed by atoms with E-state index in [-0.39, 0.29) is 13.2 Å². The number of carbonyl (C=O) groups is 2. The Bertz CT molecular complexity index is 454. The normalized spacial score (nSPS) is 9.72. The molecule has 0 aliphatic rings. The molecule has 1 rings (SSSR count). The minimum Gasteiger partial charge on any atom is -0.482 e. The third kappa shape index (κ3) is 4.79. The molecule has 0 fully saturated rings. The van der Waals surface area contributed by atoms with E-state index in [0.29, 0.717) is 15.8 Å². The third-order valence-corrected chi connectivity index (χ3v) is 2.39. The summed E-state index contributed by atoms with van der Waals surface area (Å²) >= 11 is 11.5. The Kier molecular flexibility index (Phi) is 5.70. The van der Waals surface area contributed by atoms with Crippen LogP contribution in [0.5, 0.6) is 5.75 Å². The van der Waals surface area contributed by atoms with Crippen LogP contribution in [0.4, 0.5) is 0 Å². The number of hydrogen-bond donors (Lipinski definition) is 3. The van der Waals surface area contributed by atoms with Crippen LogP contribution in [0.25, 0.3) is 0 Å². The van der Waals surface area contributed by atoms with Gasteiger partial charge in [0.1, 0.15) is 5.75 Å². The van der Waals surface area contributed by atoms with E-state index >= 15 is 0 Å². The third-order valence-electron chi connectivity index (χ3n) is 1.86. The molecule has 0 bridgehead atoms. The number of halogens is 2. The van der Waals surface area contributed by atoms with Crippen LogP contribution in [0.1, 0.15) is 0 Å². The molecule has 0 aliphatic carbocycles. The van der Waals surface area contributed by atoms with Crippen LogP contribution < -0.4 is 21.3 Å². The molecule has 0 atom stereocenters. The maximum absolute atomic E-state index is 11.3. The Hall–Kier alpha value is -1.50. The van der Waals surface area contributed by atoms with Crippen molar-refractivity contribution < 1.29 is 14.3 Å². The first-order valence-electron chi connectivity index (χ1n) is 4.87. The zero-order chi connectivity index (χ0) is 13.5. The van der Waals surface area contributed by atoms with Gasteiger partial charge in [0.25, 0.3) is 11.8 Å². The van der Waals surface area contributed by atoms with Crippen molar-refractivity contribution >= 4 is 35.0 Å². The molecule has 1 aromatic carbocycles. The smallest absolute Gasteiger partial charge is 0.258 e. The largest absolute Gasteiger partial charge is 0.482 e. The number of hydrogen-bond acceptors (Lipinski definition) is 4. The second-order valence-electron chi connectivity index (χ2n) is 3.21. The second-order valence-corrected chi connectivity index (χ2v) is 4.05. The van der Waals surface area contributed by atoms with Crippen molar-refractivity contribution in [3.63, 3.8) is 0 Å². The maximum atomic E-state index is 11.3. The number of carbonyl (C=O) groups excluding carboxylic acids is 2. The molecule has 18 heavy (non-hydrogen) atoms. The zero-order valence-electron chi connectivity index (χ0n) is 9.20. The van der Waals surface area contributed by atoms with Crippen LogP contribution in [0.3, 0.4) is 0 Å². The molecule has 0 aromatic heterocycles. The first-order chi connectivity index (χ1) is 8.52. The summed E-state index contributed by atoms with van der Waals surface area (Å²) in [4.78, 5) is 22.0. The fourth-order valence-electron chi connectivity index (χ4n) is 1.02. The molecule has 2 amide bonds. The van der Waals surface area contributed by atoms with Gasteiger partial charge in [0.2, 0.25) is 0 Å². The van der Waals surface area contributed by atoms with Gasteiger partial charge in [-0.1, -0.05) is 23.2 Å². The first kappa shape index (κ1) is 14.6. The van der Waals surface area contributed by atoms with E-state index in [0.717, 1.165) is 0 Å². The van der Waals surface area contributed by atoms with Gasteiger partial charge < -0.3 is 10.1 Å². The lowest BCUT2D eigenvalue weighted by molar-refractivity contribution is -0.127. The summed E-state index contributed by atoms with van der Waals surface area (Å²) in [6.07, 6.45) is 0. The van der Waals surface area contributed by atoms with Gasteiger partial charge >= 0.3 is 0 Å². The minimum absolute atomic E-state index is 0.215. The Morgan fingerprint density at radius 2 is 2.00 bits per heavy atom. The van der Waals surface area contributed by atoms with Crippen molar-refractivity contribution in [2.75, 3.05) is 13.2 Å². The van der Waals surface area contributed by atoms with Gasteiger partial charge in [0, 0.05) is 5.02 Å². The minimum atomic E-state index is -0.507. The summed E-state index contributed by atoms with van der Waals surface area (Å²) in [6, 6.07) is 4.63. The van der Waals surface area contributed by atoms with Gasteiger partial charge in [-0.25, -0.2) is 5.84 Å². The SMILES string of the molecule is NNC(=O)CNC(=O)COc1ccc(Cl)cc1Cl. The lowest BCUT2D eigenvalue weighted by Crippen LogP contribution is -2.41. The van der Waals surface area contributed by atoms with E-state index in [2.05, 4.69) is 5.32 Å². The summed E-state index contributed by atoms with van der Waals surface area (Å²) in [5, 5.41) is 3.08. The topological polar surface area (TPSA) is 93.5 Å². The van der Waals surface area contributed by atoms with Gasteiger partial charge in [-0.05, 0) is 18.2 Å². The van der Waals surface area contributed by atoms with Gasteiger partial charge in [-0.3, -0.25) is 15.0 Å². The van der Waals surface area contributed by atoms with Crippen molar-refractivity contribution in [2.24, 2.45) is 5.84 Å². The van der Waals surface area contributed by atoms with Crippen LogP contribution in [0, 0.1) is 0 Å². The standard InChI is InChI=1S/C10H11Cl2N3O3/c11-6-1-2-8(7(12)3-6)18-5-10(17)14-4-9(16)15-13/h1-3H,4-5,13H2,(H,14,17)(H,15,16). The summed E-state index contributed by atoms with van der Waals surface area (Å²) in [7, 11) is 0. The highest BCUT2D eigenvalue weighted by molar-refractivity contribution is 6.35. The Morgan fingerprint density at radius 3 is 2.61 bits per heavy atom. The zero-order valence-corrected chi connectivity index (χ0v) is 10.7. The quantitative estimate of drug-likeness (QED) is 0.418. The molecule has 0 saturated heterocycles. The van der Waals surface area contributed by atoms with Gasteiger partial charge in [0.05, 0.1) is 11.6 Å². The number of nitrogens with two attached hydrogens (primary N) is 1. The summed E-state index contributed by atoms with van der Waals surface area (Å²) in [5.74, 6) is 4.20. The second kappa shape index (κ2) is 7.05. The number of amides is 2. The van der Waals surface area contributed by atoms with Crippen molar-refractivity contribution in [1.29, 1.82) is 0 Å². The number of hydrazine groups is 1. The molecule has 0 aliphatic heterocycles. The van der Waals surface area contributed by atoms with Crippen LogP contribution in [0.2, 0.25) is 10.0 Å². The summed E-state index contributed by atoms with van der Waals surface area (Å²) in [5.41, 5.74) is 1.88. The molecule has 0 radical (unpaired) electrons. The van der Waals surface area contributed by atoms with Crippen LogP contribution in [0.15, 0.2) is 18.2 Å². The fourth-order valence-corrected chi connectivity index (χ4v) is 1.48. The molecule has 0 spiro atoms. The number of ether oxygens (including phenoxy) is 1. The molecular weight excluding hydrogens is 281 g/mol. The molecular formula is C10H11Cl2N3O3. The van der Waals surface area contributed by atoms with Crippen LogP contribution in [-0.2, 0) is 9.59 Å². The van der Waals surface area contributed by atoms with E-state index in [9.17, 15) is 9.59 Å². The number of benzene rings is 1. The van der Waals surface area contributed by atoms with Gasteiger partial charge in [-0.2, -0.15) is 0 Å². The highest BCUT2D eigenvalue weighted by atomic mass is 35.5. The average molecular weight is 292 g/mol. The summed E-state index contributed by atoms with van der Waals surface area (Å²) in [6.45, 7) is -0.480. The molecule has 4 N–H and O–H groups in total. The fraction of sp³-hybridized carbons (Fsp3) is 0.200. The van der Waals surface area contributed by atoms with E-state index in [4.69, 9.17) is 33.8 Å². The predicted molar refractivity (Wildman–Crippen MR) is 67.3 cm³/mol. The molecule has 98 valence electrons. The first-order valence-corrected chi connectivity index (χ1v) is 5.62. The van der Waals surface area contributed by atoms with Crippen molar-refractivity contribution in [1.82, 2.24) is 10.7 Å². The Balaban J connectivity index is 2.40. The Labute approximate surface area is 113 Å². The highest BCUT2D eigenvalue weighted by Gasteiger charge is 2.07. The average Bonchev–Trinajstić information content (AvgIpc) is 2.34. The van der Waals surface area contributed by atoms with E-state index in [1.165, 1.54) is 6.07 Å². The van der Waals surface area contributed by atoms with Crippen LogP contribution in [-0.4, -0.2) is 25.0 Å². The number of rotatable bonds is 5. The van der Waals surface area contributed by atoms with E-state index in [1.807, 2.05) is 5.43 Å². The van der Waals surface area contributed by atoms with Gasteiger partial charge in [-0.15, -0.1) is 0 Å². The summed E-state index contributed by atoms with van der Waals surface area (Å²) < 4.78 is 5.15. The predicted octanol–water partition coefficient (Wildman–Crippen LogP) is 0.478. The van der Waals surface area contributed by atoms with E-state index < -0.39 is 11.8 Å². The monoisotopic (exact) mass is 291 g/mol. The molecule has 0 unspecified atom stereocenters. The maximum Gasteiger partial charge on any atom is 0.258 e. The highest BCUT2D eigenvalue weighted by Crippen LogP contribution is 2.27. The van der Waals surface area contributed by atoms with Gasteiger partial charge in [0.15, 0.2) is 6.61 Å².